The lowest BCUT2D eigenvalue weighted by Gasteiger charge is -2.08. The van der Waals surface area contributed by atoms with Gasteiger partial charge in [-0.05, 0) is 30.5 Å². The minimum Gasteiger partial charge on any atom is -0.497 e. The van der Waals surface area contributed by atoms with E-state index in [2.05, 4.69) is 27.5 Å². The van der Waals surface area contributed by atoms with Crippen LogP contribution >= 0.6 is 0 Å². The van der Waals surface area contributed by atoms with Gasteiger partial charge in [0.05, 0.1) is 7.11 Å². The number of carbonyl (C=O) groups excluding carboxylic acids is 1. The summed E-state index contributed by atoms with van der Waals surface area (Å²) in [6.07, 6.45) is 5.58. The molecule has 0 spiro atoms. The molecule has 1 heterocycles. The van der Waals surface area contributed by atoms with Crippen LogP contribution in [0.15, 0.2) is 36.7 Å². The Morgan fingerprint density at radius 2 is 2.04 bits per heavy atom. The average molecular weight is 342 g/mol. The number of anilines is 1. The van der Waals surface area contributed by atoms with Crippen LogP contribution in [-0.2, 0) is 6.42 Å². The van der Waals surface area contributed by atoms with Crippen LogP contribution in [0.1, 0.15) is 42.2 Å². The van der Waals surface area contributed by atoms with E-state index in [1.807, 2.05) is 24.3 Å². The second kappa shape index (κ2) is 10.3. The molecule has 0 radical (unpaired) electrons. The van der Waals surface area contributed by atoms with Crippen molar-refractivity contribution < 1.29 is 9.53 Å². The Morgan fingerprint density at radius 3 is 2.84 bits per heavy atom. The number of hydrogen-bond donors (Lipinski definition) is 2. The van der Waals surface area contributed by atoms with Gasteiger partial charge in [-0.25, -0.2) is 9.97 Å². The van der Waals surface area contributed by atoms with E-state index in [-0.39, 0.29) is 5.91 Å². The fraction of sp³-hybridized carbons (Fsp3) is 0.421. The highest BCUT2D eigenvalue weighted by Crippen LogP contribution is 2.12. The van der Waals surface area contributed by atoms with Crippen molar-refractivity contribution >= 4 is 11.7 Å². The highest BCUT2D eigenvalue weighted by molar-refractivity contribution is 5.92. The minimum absolute atomic E-state index is 0.193. The van der Waals surface area contributed by atoms with Crippen LogP contribution < -0.4 is 15.4 Å². The van der Waals surface area contributed by atoms with Gasteiger partial charge in [-0.3, -0.25) is 4.79 Å². The monoisotopic (exact) mass is 342 g/mol. The summed E-state index contributed by atoms with van der Waals surface area (Å²) in [6.45, 7) is 3.55. The molecule has 134 valence electrons. The maximum atomic E-state index is 12.2. The number of rotatable bonds is 10. The summed E-state index contributed by atoms with van der Waals surface area (Å²) in [5.41, 5.74) is 1.49. The molecule has 1 aromatic heterocycles. The topological polar surface area (TPSA) is 76.1 Å². The Kier molecular flexibility index (Phi) is 7.69. The number of carbonyl (C=O) groups is 1. The molecule has 0 aliphatic carbocycles. The van der Waals surface area contributed by atoms with Gasteiger partial charge in [-0.1, -0.05) is 31.9 Å². The van der Waals surface area contributed by atoms with Crippen LogP contribution in [0.2, 0.25) is 0 Å². The largest absolute Gasteiger partial charge is 0.497 e. The van der Waals surface area contributed by atoms with Crippen molar-refractivity contribution in [2.24, 2.45) is 0 Å². The number of nitrogens with zero attached hydrogens (tertiary/aromatic N) is 2. The third kappa shape index (κ3) is 6.41. The van der Waals surface area contributed by atoms with Crippen molar-refractivity contribution in [2.75, 3.05) is 25.5 Å². The molecule has 25 heavy (non-hydrogen) atoms. The maximum Gasteiger partial charge on any atom is 0.270 e. The fourth-order valence-electron chi connectivity index (χ4n) is 2.41. The van der Waals surface area contributed by atoms with Gasteiger partial charge in [0.2, 0.25) is 0 Å². The summed E-state index contributed by atoms with van der Waals surface area (Å²) in [5, 5.41) is 6.12. The molecule has 1 amide bonds. The molecule has 0 atom stereocenters. The molecule has 0 bridgehead atoms. The zero-order valence-corrected chi connectivity index (χ0v) is 14.9. The predicted molar refractivity (Wildman–Crippen MR) is 99.1 cm³/mol. The van der Waals surface area contributed by atoms with Gasteiger partial charge in [0.15, 0.2) is 0 Å². The molecule has 0 saturated carbocycles. The summed E-state index contributed by atoms with van der Waals surface area (Å²) < 4.78 is 5.20. The Labute approximate surface area is 149 Å². The van der Waals surface area contributed by atoms with E-state index < -0.39 is 0 Å². The number of benzene rings is 1. The number of hydrogen-bond acceptors (Lipinski definition) is 5. The van der Waals surface area contributed by atoms with Gasteiger partial charge in [-0.2, -0.15) is 0 Å². The number of nitrogens with one attached hydrogen (secondary N) is 2. The average Bonchev–Trinajstić information content (AvgIpc) is 2.65. The van der Waals surface area contributed by atoms with E-state index in [1.165, 1.54) is 19.2 Å². The van der Waals surface area contributed by atoms with Gasteiger partial charge < -0.3 is 15.4 Å². The molecule has 0 fully saturated rings. The SMILES string of the molecule is CCCCCNc1cc(C(=O)NCCc2cccc(OC)c2)ncn1. The Hall–Kier alpha value is -2.63. The zero-order chi connectivity index (χ0) is 17.9. The second-order valence-corrected chi connectivity index (χ2v) is 5.78. The van der Waals surface area contributed by atoms with Gasteiger partial charge in [-0.15, -0.1) is 0 Å². The van der Waals surface area contributed by atoms with Crippen LogP contribution in [0, 0.1) is 0 Å². The van der Waals surface area contributed by atoms with Crippen molar-refractivity contribution in [2.45, 2.75) is 32.6 Å². The Balaban J connectivity index is 1.81. The quantitative estimate of drug-likeness (QED) is 0.649. The summed E-state index contributed by atoms with van der Waals surface area (Å²) >= 11 is 0. The van der Waals surface area contributed by atoms with Crippen LogP contribution in [0.5, 0.6) is 5.75 Å². The zero-order valence-electron chi connectivity index (χ0n) is 14.9. The molecule has 2 N–H and O–H groups in total. The van der Waals surface area contributed by atoms with Crippen molar-refractivity contribution in [1.82, 2.24) is 15.3 Å². The van der Waals surface area contributed by atoms with Crippen LogP contribution in [0.4, 0.5) is 5.82 Å². The van der Waals surface area contributed by atoms with Gasteiger partial charge in [0.25, 0.3) is 5.91 Å². The predicted octanol–water partition coefficient (Wildman–Crippen LogP) is 3.06. The summed E-state index contributed by atoms with van der Waals surface area (Å²) in [4.78, 5) is 20.4. The van der Waals surface area contributed by atoms with Crippen LogP contribution in [-0.4, -0.2) is 36.1 Å². The first-order valence-electron chi connectivity index (χ1n) is 8.70. The lowest BCUT2D eigenvalue weighted by atomic mass is 10.1. The van der Waals surface area contributed by atoms with E-state index in [0.717, 1.165) is 30.7 Å². The summed E-state index contributed by atoms with van der Waals surface area (Å²) in [5.74, 6) is 1.31. The molecule has 6 heteroatoms. The maximum absolute atomic E-state index is 12.2. The molecule has 0 saturated heterocycles. The highest BCUT2D eigenvalue weighted by Gasteiger charge is 2.08. The lowest BCUT2D eigenvalue weighted by molar-refractivity contribution is 0.0949. The number of methoxy groups -OCH3 is 1. The minimum atomic E-state index is -0.193. The van der Waals surface area contributed by atoms with E-state index in [9.17, 15) is 4.79 Å². The first kappa shape index (κ1) is 18.7. The molecular weight excluding hydrogens is 316 g/mol. The van der Waals surface area contributed by atoms with Gasteiger partial charge in [0.1, 0.15) is 23.6 Å². The standard InChI is InChI=1S/C19H26N4O2/c1-3-4-5-10-20-18-13-17(22-14-23-18)19(24)21-11-9-15-7-6-8-16(12-15)25-2/h6-8,12-14H,3-5,9-11H2,1-2H3,(H,21,24)(H,20,22,23). The molecule has 6 nitrogen and oxygen atoms in total. The summed E-state index contributed by atoms with van der Waals surface area (Å²) in [7, 11) is 1.64. The third-order valence-corrected chi connectivity index (χ3v) is 3.82. The molecule has 0 aliphatic rings. The molecule has 0 aliphatic heterocycles. The van der Waals surface area contributed by atoms with Crippen molar-refractivity contribution in [3.63, 3.8) is 0 Å². The highest BCUT2D eigenvalue weighted by atomic mass is 16.5. The van der Waals surface area contributed by atoms with E-state index in [1.54, 1.807) is 13.2 Å². The van der Waals surface area contributed by atoms with Crippen molar-refractivity contribution in [3.05, 3.63) is 47.9 Å². The number of ether oxygens (including phenoxy) is 1. The smallest absolute Gasteiger partial charge is 0.270 e. The number of amides is 1. The second-order valence-electron chi connectivity index (χ2n) is 5.78. The third-order valence-electron chi connectivity index (χ3n) is 3.82. The molecule has 0 unspecified atom stereocenters. The Morgan fingerprint density at radius 1 is 1.16 bits per heavy atom. The Bertz CT molecular complexity index is 676. The first-order chi connectivity index (χ1) is 12.2. The first-order valence-corrected chi connectivity index (χ1v) is 8.70. The number of aromatic nitrogens is 2. The van der Waals surface area contributed by atoms with Crippen molar-refractivity contribution in [3.8, 4) is 5.75 Å². The van der Waals surface area contributed by atoms with Crippen LogP contribution in [0.25, 0.3) is 0 Å². The molecule has 1 aromatic carbocycles. The molecule has 2 aromatic rings. The van der Waals surface area contributed by atoms with E-state index >= 15 is 0 Å². The van der Waals surface area contributed by atoms with Crippen molar-refractivity contribution in [1.29, 1.82) is 0 Å². The molecular formula is C19H26N4O2. The summed E-state index contributed by atoms with van der Waals surface area (Å²) in [6, 6.07) is 9.51. The number of unbranched alkanes of at least 4 members (excludes halogenated alkanes) is 2. The van der Waals surface area contributed by atoms with Crippen LogP contribution in [0.3, 0.4) is 0 Å². The lowest BCUT2D eigenvalue weighted by Crippen LogP contribution is -2.26. The molecule has 2 rings (SSSR count). The fourth-order valence-corrected chi connectivity index (χ4v) is 2.41. The van der Waals surface area contributed by atoms with E-state index in [0.29, 0.717) is 18.1 Å². The van der Waals surface area contributed by atoms with Gasteiger partial charge >= 0.3 is 0 Å². The van der Waals surface area contributed by atoms with E-state index in [4.69, 9.17) is 4.74 Å². The van der Waals surface area contributed by atoms with Gasteiger partial charge in [0, 0.05) is 19.2 Å². The normalized spacial score (nSPS) is 10.3.